The molecule has 3 aromatic carbocycles. The van der Waals surface area contributed by atoms with Crippen molar-refractivity contribution < 1.29 is 14.0 Å². The van der Waals surface area contributed by atoms with Crippen LogP contribution in [0.1, 0.15) is 12.0 Å². The minimum Gasteiger partial charge on any atom is -0.324 e. The molecule has 168 valence electrons. The van der Waals surface area contributed by atoms with Gasteiger partial charge in [0.05, 0.1) is 16.4 Å². The van der Waals surface area contributed by atoms with Crippen LogP contribution < -0.4 is 5.32 Å². The fourth-order valence-corrected chi connectivity index (χ4v) is 4.65. The van der Waals surface area contributed by atoms with Crippen molar-refractivity contribution in [3.8, 4) is 0 Å². The van der Waals surface area contributed by atoms with Gasteiger partial charge in [-0.2, -0.15) is 0 Å². The predicted octanol–water partition coefficient (Wildman–Crippen LogP) is 5.68. The van der Waals surface area contributed by atoms with Gasteiger partial charge < -0.3 is 5.32 Å². The van der Waals surface area contributed by atoms with Gasteiger partial charge in [0.2, 0.25) is 11.8 Å². The van der Waals surface area contributed by atoms with Crippen LogP contribution in [0, 0.1) is 5.82 Å². The number of nitrogens with one attached hydrogen (secondary N) is 1. The van der Waals surface area contributed by atoms with E-state index in [4.69, 9.17) is 11.6 Å². The predicted molar refractivity (Wildman–Crippen MR) is 131 cm³/mol. The molecule has 1 heterocycles. The zero-order valence-corrected chi connectivity index (χ0v) is 19.2. The number of nitrogens with zero attached hydrogens (tertiary/aromatic N) is 2. The van der Waals surface area contributed by atoms with Crippen LogP contribution in [0.5, 0.6) is 0 Å². The minimum atomic E-state index is -0.640. The second-order valence-electron chi connectivity index (χ2n) is 7.43. The van der Waals surface area contributed by atoms with Gasteiger partial charge in [-0.15, -0.1) is 0 Å². The summed E-state index contributed by atoms with van der Waals surface area (Å²) in [7, 11) is 0. The van der Waals surface area contributed by atoms with E-state index in [1.54, 1.807) is 41.3 Å². The number of carbonyl (C=O) groups is 2. The fourth-order valence-electron chi connectivity index (χ4n) is 3.34. The Kier molecular flexibility index (Phi) is 7.42. The highest BCUT2D eigenvalue weighted by Gasteiger charge is 2.36. The normalized spacial score (nSPS) is 17.3. The summed E-state index contributed by atoms with van der Waals surface area (Å²) in [6.07, 6.45) is 0.578. The second-order valence-corrected chi connectivity index (χ2v) is 9.01. The molecule has 1 aliphatic heterocycles. The third-order valence-corrected chi connectivity index (χ3v) is 6.60. The Morgan fingerprint density at radius 3 is 2.48 bits per heavy atom. The number of carbonyl (C=O) groups excluding carboxylic acids is 2. The van der Waals surface area contributed by atoms with Gasteiger partial charge in [0.15, 0.2) is 5.17 Å². The molecular formula is C25H21ClFN3O2S. The molecule has 0 saturated carbocycles. The maximum Gasteiger partial charge on any atom is 0.238 e. The summed E-state index contributed by atoms with van der Waals surface area (Å²) in [4.78, 5) is 32.2. The van der Waals surface area contributed by atoms with E-state index in [0.717, 1.165) is 5.56 Å². The molecule has 2 amide bonds. The summed E-state index contributed by atoms with van der Waals surface area (Å²) in [5.74, 6) is -0.799. The van der Waals surface area contributed by atoms with Crippen LogP contribution in [0.2, 0.25) is 5.02 Å². The maximum absolute atomic E-state index is 13.2. The summed E-state index contributed by atoms with van der Waals surface area (Å²) in [5, 5.41) is 3.05. The first-order valence-corrected chi connectivity index (χ1v) is 11.7. The van der Waals surface area contributed by atoms with Crippen molar-refractivity contribution in [1.29, 1.82) is 0 Å². The lowest BCUT2D eigenvalue weighted by molar-refractivity contribution is -0.129. The molecule has 1 saturated heterocycles. The topological polar surface area (TPSA) is 61.8 Å². The van der Waals surface area contributed by atoms with E-state index >= 15 is 0 Å². The Morgan fingerprint density at radius 1 is 1.06 bits per heavy atom. The highest BCUT2D eigenvalue weighted by Crippen LogP contribution is 2.31. The van der Waals surface area contributed by atoms with Crippen molar-refractivity contribution in [2.45, 2.75) is 18.1 Å². The van der Waals surface area contributed by atoms with Gasteiger partial charge in [-0.25, -0.2) is 9.38 Å². The molecule has 0 aliphatic carbocycles. The third-order valence-electron chi connectivity index (χ3n) is 5.08. The van der Waals surface area contributed by atoms with Gasteiger partial charge in [-0.3, -0.25) is 14.5 Å². The van der Waals surface area contributed by atoms with Gasteiger partial charge >= 0.3 is 0 Å². The van der Waals surface area contributed by atoms with Gasteiger partial charge in [0, 0.05) is 13.0 Å². The summed E-state index contributed by atoms with van der Waals surface area (Å²) in [6.45, 7) is 0.377. The standard InChI is InChI=1S/C25H21ClFN3O2S/c26-20-8-4-5-9-21(20)29-24(32)22-16-23(31)30(15-14-17-10-12-18(27)13-11-17)25(33-22)28-19-6-2-1-3-7-19/h1-13,22H,14-16H2,(H,29,32). The van der Waals surface area contributed by atoms with E-state index in [-0.39, 0.29) is 24.1 Å². The van der Waals surface area contributed by atoms with Gasteiger partial charge in [0.25, 0.3) is 0 Å². The molecule has 8 heteroatoms. The first kappa shape index (κ1) is 23.0. The number of amidine groups is 1. The zero-order valence-electron chi connectivity index (χ0n) is 17.6. The largest absolute Gasteiger partial charge is 0.324 e. The van der Waals surface area contributed by atoms with Gasteiger partial charge in [-0.1, -0.05) is 65.8 Å². The van der Waals surface area contributed by atoms with Crippen molar-refractivity contribution in [2.24, 2.45) is 4.99 Å². The number of hydrogen-bond donors (Lipinski definition) is 1. The lowest BCUT2D eigenvalue weighted by atomic mass is 10.1. The Hall–Kier alpha value is -3.16. The Bertz CT molecular complexity index is 1170. The molecule has 5 nitrogen and oxygen atoms in total. The smallest absolute Gasteiger partial charge is 0.238 e. The van der Waals surface area contributed by atoms with Gasteiger partial charge in [0.1, 0.15) is 11.1 Å². The third kappa shape index (κ3) is 6.00. The average Bonchev–Trinajstić information content (AvgIpc) is 2.81. The molecule has 1 unspecified atom stereocenters. The van der Waals surface area contributed by atoms with Crippen molar-refractivity contribution in [1.82, 2.24) is 4.90 Å². The van der Waals surface area contributed by atoms with Crippen LogP contribution in [-0.4, -0.2) is 33.7 Å². The zero-order chi connectivity index (χ0) is 23.2. The number of benzene rings is 3. The van der Waals surface area contributed by atoms with E-state index in [1.807, 2.05) is 30.3 Å². The SMILES string of the molecule is O=C(Nc1ccccc1Cl)C1CC(=O)N(CCc2ccc(F)cc2)C(=Nc2ccccc2)S1. The van der Waals surface area contributed by atoms with E-state index in [0.29, 0.717) is 34.5 Å². The minimum absolute atomic E-state index is 0.0399. The maximum atomic E-state index is 13.2. The number of thioether (sulfide) groups is 1. The Morgan fingerprint density at radius 2 is 1.76 bits per heavy atom. The molecule has 3 aromatic rings. The Balaban J connectivity index is 1.54. The monoisotopic (exact) mass is 481 g/mol. The number of amides is 2. The molecule has 0 bridgehead atoms. The molecule has 33 heavy (non-hydrogen) atoms. The van der Waals surface area contributed by atoms with E-state index in [1.165, 1.54) is 23.9 Å². The van der Waals surface area contributed by atoms with Crippen LogP contribution in [0.3, 0.4) is 0 Å². The lowest BCUT2D eigenvalue weighted by Crippen LogP contribution is -2.46. The Labute approximate surface area is 200 Å². The van der Waals surface area contributed by atoms with Crippen LogP contribution in [0.4, 0.5) is 15.8 Å². The quantitative estimate of drug-likeness (QED) is 0.492. The molecule has 0 spiro atoms. The highest BCUT2D eigenvalue weighted by molar-refractivity contribution is 8.15. The number of hydrogen-bond acceptors (Lipinski definition) is 4. The summed E-state index contributed by atoms with van der Waals surface area (Å²) >= 11 is 7.41. The number of rotatable bonds is 6. The summed E-state index contributed by atoms with van der Waals surface area (Å²) < 4.78 is 13.2. The van der Waals surface area contributed by atoms with Crippen LogP contribution >= 0.6 is 23.4 Å². The fraction of sp³-hybridized carbons (Fsp3) is 0.160. The summed E-state index contributed by atoms with van der Waals surface area (Å²) in [6, 6.07) is 22.4. The van der Waals surface area contributed by atoms with E-state index in [2.05, 4.69) is 10.3 Å². The van der Waals surface area contributed by atoms with Crippen molar-refractivity contribution in [2.75, 3.05) is 11.9 Å². The molecule has 0 radical (unpaired) electrons. The lowest BCUT2D eigenvalue weighted by Gasteiger charge is -2.32. The van der Waals surface area contributed by atoms with Crippen molar-refractivity contribution >= 4 is 51.7 Å². The van der Waals surface area contributed by atoms with Crippen LogP contribution in [-0.2, 0) is 16.0 Å². The van der Waals surface area contributed by atoms with Gasteiger partial charge in [-0.05, 0) is 48.4 Å². The number of para-hydroxylation sites is 2. The first-order valence-electron chi connectivity index (χ1n) is 10.4. The number of halogens is 2. The number of aliphatic imine (C=N–C) groups is 1. The molecule has 1 atom stereocenters. The van der Waals surface area contributed by atoms with Crippen LogP contribution in [0.15, 0.2) is 83.9 Å². The number of anilines is 1. The van der Waals surface area contributed by atoms with Crippen molar-refractivity contribution in [3.63, 3.8) is 0 Å². The first-order chi connectivity index (χ1) is 16.0. The van der Waals surface area contributed by atoms with Crippen LogP contribution in [0.25, 0.3) is 0 Å². The van der Waals surface area contributed by atoms with E-state index < -0.39 is 5.25 Å². The molecule has 1 aliphatic rings. The molecular weight excluding hydrogens is 461 g/mol. The highest BCUT2D eigenvalue weighted by atomic mass is 35.5. The summed E-state index contributed by atoms with van der Waals surface area (Å²) in [5.41, 5.74) is 2.09. The second kappa shape index (κ2) is 10.6. The van der Waals surface area contributed by atoms with E-state index in [9.17, 15) is 14.0 Å². The molecule has 1 fully saturated rings. The molecule has 4 rings (SSSR count). The average molecular weight is 482 g/mol. The van der Waals surface area contributed by atoms with Crippen molar-refractivity contribution in [3.05, 3.63) is 95.3 Å². The molecule has 1 N–H and O–H groups in total. The molecule has 0 aromatic heterocycles.